The molecule has 0 bridgehead atoms. The van der Waals surface area contributed by atoms with Gasteiger partial charge >= 0.3 is 0 Å². The van der Waals surface area contributed by atoms with Crippen LogP contribution in [0.15, 0.2) is 18.2 Å². The lowest BCUT2D eigenvalue weighted by Crippen LogP contribution is -2.26. The molecule has 0 aromatic heterocycles. The summed E-state index contributed by atoms with van der Waals surface area (Å²) in [6.07, 6.45) is 2.08. The fourth-order valence-electron chi connectivity index (χ4n) is 1.66. The molecule has 1 unspecified atom stereocenters. The second-order valence-electron chi connectivity index (χ2n) is 4.44. The molecule has 0 saturated heterocycles. The Hall–Kier alpha value is -1.09. The van der Waals surface area contributed by atoms with Gasteiger partial charge in [0.05, 0.1) is 6.04 Å². The predicted octanol–water partition coefficient (Wildman–Crippen LogP) is 3.72. The van der Waals surface area contributed by atoms with E-state index in [0.717, 1.165) is 18.4 Å². The van der Waals surface area contributed by atoms with Crippen LogP contribution in [0.25, 0.3) is 0 Å². The van der Waals surface area contributed by atoms with Crippen molar-refractivity contribution in [2.75, 3.05) is 5.88 Å². The van der Waals surface area contributed by atoms with Gasteiger partial charge < -0.3 is 5.32 Å². The van der Waals surface area contributed by atoms with E-state index in [-0.39, 0.29) is 17.8 Å². The Kier molecular flexibility index (Phi) is 6.13. The Morgan fingerprint density at radius 1 is 1.44 bits per heavy atom. The second kappa shape index (κ2) is 7.37. The highest BCUT2D eigenvalue weighted by Crippen LogP contribution is 2.16. The van der Waals surface area contributed by atoms with Crippen molar-refractivity contribution in [3.05, 3.63) is 35.1 Å². The highest BCUT2D eigenvalue weighted by Gasteiger charge is 2.10. The summed E-state index contributed by atoms with van der Waals surface area (Å²) in [6, 6.07) is 4.85. The lowest BCUT2D eigenvalue weighted by molar-refractivity contribution is -0.121. The average Bonchev–Trinajstić information content (AvgIpc) is 2.33. The highest BCUT2D eigenvalue weighted by atomic mass is 35.5. The van der Waals surface area contributed by atoms with E-state index >= 15 is 0 Å². The van der Waals surface area contributed by atoms with Crippen molar-refractivity contribution in [2.45, 2.75) is 39.2 Å². The van der Waals surface area contributed by atoms with Crippen LogP contribution in [0, 0.1) is 12.7 Å². The van der Waals surface area contributed by atoms with Gasteiger partial charge in [0.15, 0.2) is 0 Å². The lowest BCUT2D eigenvalue weighted by Gasteiger charge is -2.15. The van der Waals surface area contributed by atoms with Crippen molar-refractivity contribution in [1.82, 2.24) is 5.32 Å². The van der Waals surface area contributed by atoms with E-state index in [1.165, 1.54) is 6.07 Å². The number of alkyl halides is 1. The first kappa shape index (κ1) is 15.0. The van der Waals surface area contributed by atoms with Crippen LogP contribution in [-0.4, -0.2) is 11.8 Å². The van der Waals surface area contributed by atoms with Crippen molar-refractivity contribution < 1.29 is 9.18 Å². The lowest BCUT2D eigenvalue weighted by atomic mass is 10.1. The standard InChI is InChI=1S/C14H19ClFNO/c1-10-6-7-12(9-13(10)16)11(2)17-14(18)5-3-4-8-15/h6-7,9,11H,3-5,8H2,1-2H3,(H,17,18). The number of rotatable bonds is 6. The number of aryl methyl sites for hydroxylation is 1. The fraction of sp³-hybridized carbons (Fsp3) is 0.500. The average molecular weight is 272 g/mol. The molecule has 0 aliphatic heterocycles. The number of benzene rings is 1. The van der Waals surface area contributed by atoms with Crippen LogP contribution in [0.2, 0.25) is 0 Å². The third-order valence-corrected chi connectivity index (χ3v) is 3.13. The minimum Gasteiger partial charge on any atom is -0.350 e. The first-order valence-corrected chi connectivity index (χ1v) is 6.69. The summed E-state index contributed by atoms with van der Waals surface area (Å²) < 4.78 is 13.4. The van der Waals surface area contributed by atoms with Crippen LogP contribution < -0.4 is 5.32 Å². The van der Waals surface area contributed by atoms with E-state index in [9.17, 15) is 9.18 Å². The first-order valence-electron chi connectivity index (χ1n) is 6.16. The molecule has 100 valence electrons. The van der Waals surface area contributed by atoms with Gasteiger partial charge in [0.2, 0.25) is 5.91 Å². The smallest absolute Gasteiger partial charge is 0.220 e. The van der Waals surface area contributed by atoms with Gasteiger partial charge in [0.25, 0.3) is 0 Å². The topological polar surface area (TPSA) is 29.1 Å². The molecular weight excluding hydrogens is 253 g/mol. The maximum absolute atomic E-state index is 13.4. The van der Waals surface area contributed by atoms with Gasteiger partial charge in [0.1, 0.15) is 5.82 Å². The molecule has 0 spiro atoms. The quantitative estimate of drug-likeness (QED) is 0.620. The summed E-state index contributed by atoms with van der Waals surface area (Å²) in [5.74, 6) is 0.316. The van der Waals surface area contributed by atoms with E-state index in [1.807, 2.05) is 13.0 Å². The van der Waals surface area contributed by atoms with Crippen LogP contribution in [0.5, 0.6) is 0 Å². The zero-order valence-corrected chi connectivity index (χ0v) is 11.6. The molecule has 18 heavy (non-hydrogen) atoms. The van der Waals surface area contributed by atoms with Crippen LogP contribution in [0.1, 0.15) is 43.4 Å². The molecule has 0 radical (unpaired) electrons. The maximum atomic E-state index is 13.4. The van der Waals surface area contributed by atoms with Gasteiger partial charge in [-0.2, -0.15) is 0 Å². The van der Waals surface area contributed by atoms with Crippen LogP contribution in [0.4, 0.5) is 4.39 Å². The summed E-state index contributed by atoms with van der Waals surface area (Å²) in [5.41, 5.74) is 1.39. The highest BCUT2D eigenvalue weighted by molar-refractivity contribution is 6.17. The summed E-state index contributed by atoms with van der Waals surface area (Å²) in [6.45, 7) is 3.57. The number of unbranched alkanes of at least 4 members (excludes halogenated alkanes) is 1. The van der Waals surface area contributed by atoms with Crippen molar-refractivity contribution in [2.24, 2.45) is 0 Å². The van der Waals surface area contributed by atoms with E-state index in [4.69, 9.17) is 11.6 Å². The molecule has 1 N–H and O–H groups in total. The Bertz CT molecular complexity index is 409. The first-order chi connectivity index (χ1) is 8.54. The Labute approximate surface area is 113 Å². The minimum absolute atomic E-state index is 0.0198. The van der Waals surface area contributed by atoms with E-state index in [2.05, 4.69) is 5.32 Å². The molecule has 1 aromatic rings. The van der Waals surface area contributed by atoms with E-state index in [0.29, 0.717) is 17.9 Å². The molecular formula is C14H19ClFNO. The van der Waals surface area contributed by atoms with E-state index < -0.39 is 0 Å². The number of carbonyl (C=O) groups is 1. The van der Waals surface area contributed by atoms with Gasteiger partial charge in [-0.15, -0.1) is 11.6 Å². The fourth-order valence-corrected chi connectivity index (χ4v) is 1.84. The molecule has 1 amide bonds. The van der Waals surface area contributed by atoms with E-state index in [1.54, 1.807) is 13.0 Å². The molecule has 1 aromatic carbocycles. The number of nitrogens with one attached hydrogen (secondary N) is 1. The second-order valence-corrected chi connectivity index (χ2v) is 4.82. The summed E-state index contributed by atoms with van der Waals surface area (Å²) in [4.78, 5) is 11.6. The molecule has 2 nitrogen and oxygen atoms in total. The number of halogens is 2. The molecule has 1 rings (SSSR count). The molecule has 0 saturated carbocycles. The van der Waals surface area contributed by atoms with Crippen molar-refractivity contribution in [3.8, 4) is 0 Å². The van der Waals surface area contributed by atoms with Gasteiger partial charge in [-0.25, -0.2) is 4.39 Å². The van der Waals surface area contributed by atoms with Crippen molar-refractivity contribution >= 4 is 17.5 Å². The number of hydrogen-bond donors (Lipinski definition) is 1. The Balaban J connectivity index is 2.51. The summed E-state index contributed by atoms with van der Waals surface area (Å²) in [7, 11) is 0. The molecule has 0 aliphatic rings. The molecule has 1 atom stereocenters. The van der Waals surface area contributed by atoms with Gasteiger partial charge in [-0.05, 0) is 43.9 Å². The number of amides is 1. The monoisotopic (exact) mass is 271 g/mol. The number of hydrogen-bond acceptors (Lipinski definition) is 1. The van der Waals surface area contributed by atoms with Crippen LogP contribution in [0.3, 0.4) is 0 Å². The Morgan fingerprint density at radius 3 is 2.78 bits per heavy atom. The molecule has 0 fully saturated rings. The van der Waals surface area contributed by atoms with Crippen LogP contribution >= 0.6 is 11.6 Å². The maximum Gasteiger partial charge on any atom is 0.220 e. The zero-order valence-electron chi connectivity index (χ0n) is 10.8. The van der Waals surface area contributed by atoms with Gasteiger partial charge in [0, 0.05) is 12.3 Å². The van der Waals surface area contributed by atoms with Crippen molar-refractivity contribution in [1.29, 1.82) is 0 Å². The molecule has 0 heterocycles. The van der Waals surface area contributed by atoms with Crippen LogP contribution in [-0.2, 0) is 4.79 Å². The predicted molar refractivity (Wildman–Crippen MR) is 72.3 cm³/mol. The zero-order chi connectivity index (χ0) is 13.5. The third kappa shape index (κ3) is 4.65. The third-order valence-electron chi connectivity index (χ3n) is 2.86. The molecule has 4 heteroatoms. The van der Waals surface area contributed by atoms with Gasteiger partial charge in [-0.1, -0.05) is 12.1 Å². The number of carbonyl (C=O) groups excluding carboxylic acids is 1. The summed E-state index contributed by atoms with van der Waals surface area (Å²) in [5, 5.41) is 2.85. The minimum atomic E-state index is -0.240. The van der Waals surface area contributed by atoms with Crippen molar-refractivity contribution in [3.63, 3.8) is 0 Å². The normalized spacial score (nSPS) is 12.2. The molecule has 0 aliphatic carbocycles. The van der Waals surface area contributed by atoms with Gasteiger partial charge in [-0.3, -0.25) is 4.79 Å². The summed E-state index contributed by atoms with van der Waals surface area (Å²) >= 11 is 5.55. The SMILES string of the molecule is Cc1ccc(C(C)NC(=O)CCCCCl)cc1F. The Morgan fingerprint density at radius 2 is 2.17 bits per heavy atom. The largest absolute Gasteiger partial charge is 0.350 e.